The van der Waals surface area contributed by atoms with E-state index in [1.54, 1.807) is 18.4 Å². The smallest absolute Gasteiger partial charge is 0.173 e. The van der Waals surface area contributed by atoms with Crippen LogP contribution in [-0.4, -0.2) is 35.8 Å². The van der Waals surface area contributed by atoms with Gasteiger partial charge in [-0.1, -0.05) is 0 Å². The number of methoxy groups -OCH3 is 1. The maximum Gasteiger partial charge on any atom is 0.173 e. The number of nitrogens with zero attached hydrogens (tertiary/aromatic N) is 1. The molecular formula is C12H21NO2S. The van der Waals surface area contributed by atoms with E-state index in [4.69, 9.17) is 4.74 Å². The van der Waals surface area contributed by atoms with Crippen molar-refractivity contribution in [2.45, 2.75) is 39.5 Å². The number of thiophene rings is 1. The number of ether oxygens (including phenoxy) is 1. The van der Waals surface area contributed by atoms with Crippen LogP contribution in [0, 0.1) is 0 Å². The molecule has 1 heterocycles. The van der Waals surface area contributed by atoms with Crippen LogP contribution in [0.15, 0.2) is 12.1 Å². The molecule has 1 aromatic rings. The van der Waals surface area contributed by atoms with Gasteiger partial charge in [0.1, 0.15) is 0 Å². The van der Waals surface area contributed by atoms with Crippen LogP contribution < -0.4 is 4.74 Å². The van der Waals surface area contributed by atoms with Gasteiger partial charge in [0.05, 0.1) is 13.2 Å². The highest BCUT2D eigenvalue weighted by Gasteiger charge is 2.13. The highest BCUT2D eigenvalue weighted by Crippen LogP contribution is 2.25. The Bertz CT molecular complexity index is 310. The summed E-state index contributed by atoms with van der Waals surface area (Å²) in [5, 5.41) is 10.4. The zero-order valence-corrected chi connectivity index (χ0v) is 11.3. The van der Waals surface area contributed by atoms with E-state index in [0.29, 0.717) is 12.6 Å². The molecule has 1 aromatic heterocycles. The van der Waals surface area contributed by atoms with E-state index in [-0.39, 0.29) is 6.10 Å². The fourth-order valence-electron chi connectivity index (χ4n) is 1.55. The Morgan fingerprint density at radius 2 is 2.06 bits per heavy atom. The second-order valence-corrected chi connectivity index (χ2v) is 5.43. The Hall–Kier alpha value is -0.580. The maximum atomic E-state index is 9.44. The van der Waals surface area contributed by atoms with Gasteiger partial charge < -0.3 is 9.84 Å². The molecule has 1 N–H and O–H groups in total. The molecule has 1 atom stereocenters. The van der Waals surface area contributed by atoms with Gasteiger partial charge in [-0.2, -0.15) is 0 Å². The number of hydrogen-bond acceptors (Lipinski definition) is 4. The number of aliphatic hydroxyl groups is 1. The molecule has 0 spiro atoms. The average Bonchev–Trinajstić information content (AvgIpc) is 2.63. The minimum atomic E-state index is -0.288. The summed E-state index contributed by atoms with van der Waals surface area (Å²) >= 11 is 1.66. The van der Waals surface area contributed by atoms with E-state index in [9.17, 15) is 5.11 Å². The molecule has 0 aliphatic carbocycles. The normalized spacial score (nSPS) is 13.4. The Labute approximate surface area is 102 Å². The molecule has 92 valence electrons. The van der Waals surface area contributed by atoms with Gasteiger partial charge >= 0.3 is 0 Å². The molecule has 0 bridgehead atoms. The van der Waals surface area contributed by atoms with Gasteiger partial charge in [0.2, 0.25) is 0 Å². The molecule has 0 aliphatic rings. The summed E-state index contributed by atoms with van der Waals surface area (Å²) in [4.78, 5) is 3.53. The lowest BCUT2D eigenvalue weighted by atomic mass is 10.2. The summed E-state index contributed by atoms with van der Waals surface area (Å²) in [6, 6.07) is 4.50. The quantitative estimate of drug-likeness (QED) is 0.832. The van der Waals surface area contributed by atoms with Crippen LogP contribution in [0.2, 0.25) is 0 Å². The Morgan fingerprint density at radius 3 is 2.50 bits per heavy atom. The standard InChI is InChI=1S/C12H21NO2S/c1-9(2)13(7-10(3)14)8-11-5-6-12(15-4)16-11/h5-6,9-10,14H,7-8H2,1-4H3. The van der Waals surface area contributed by atoms with E-state index in [1.807, 2.05) is 13.0 Å². The van der Waals surface area contributed by atoms with Crippen molar-refractivity contribution >= 4 is 11.3 Å². The van der Waals surface area contributed by atoms with Crippen molar-refractivity contribution in [3.05, 3.63) is 17.0 Å². The van der Waals surface area contributed by atoms with E-state index >= 15 is 0 Å². The highest BCUT2D eigenvalue weighted by molar-refractivity contribution is 7.13. The number of rotatable bonds is 6. The zero-order valence-electron chi connectivity index (χ0n) is 10.4. The van der Waals surface area contributed by atoms with Crippen molar-refractivity contribution in [1.29, 1.82) is 0 Å². The van der Waals surface area contributed by atoms with Gasteiger partial charge in [0.25, 0.3) is 0 Å². The largest absolute Gasteiger partial charge is 0.487 e. The van der Waals surface area contributed by atoms with E-state index in [0.717, 1.165) is 11.6 Å². The molecule has 0 saturated carbocycles. The Kier molecular flexibility index (Phi) is 5.25. The predicted octanol–water partition coefficient (Wildman–Crippen LogP) is 2.35. The molecule has 0 amide bonds. The summed E-state index contributed by atoms with van der Waals surface area (Å²) in [7, 11) is 1.69. The van der Waals surface area contributed by atoms with Gasteiger partial charge in [0.15, 0.2) is 5.06 Å². The summed E-state index contributed by atoms with van der Waals surface area (Å²) in [5.41, 5.74) is 0. The molecule has 1 unspecified atom stereocenters. The third-order valence-corrected chi connectivity index (χ3v) is 3.46. The van der Waals surface area contributed by atoms with Crippen LogP contribution in [0.3, 0.4) is 0 Å². The van der Waals surface area contributed by atoms with E-state index in [2.05, 4.69) is 24.8 Å². The van der Waals surface area contributed by atoms with Crippen LogP contribution in [0.5, 0.6) is 5.06 Å². The summed E-state index contributed by atoms with van der Waals surface area (Å²) < 4.78 is 5.17. The van der Waals surface area contributed by atoms with Gasteiger partial charge in [-0.25, -0.2) is 0 Å². The first kappa shape index (κ1) is 13.5. The molecule has 0 fully saturated rings. The summed E-state index contributed by atoms with van der Waals surface area (Å²) in [6.45, 7) is 7.69. The molecule has 0 aromatic carbocycles. The lowest BCUT2D eigenvalue weighted by Crippen LogP contribution is -2.35. The molecule has 16 heavy (non-hydrogen) atoms. The van der Waals surface area contributed by atoms with Crippen molar-refractivity contribution in [3.63, 3.8) is 0 Å². The van der Waals surface area contributed by atoms with Crippen LogP contribution in [0.4, 0.5) is 0 Å². The molecule has 4 heteroatoms. The monoisotopic (exact) mass is 243 g/mol. The fraction of sp³-hybridized carbons (Fsp3) is 0.667. The number of aliphatic hydroxyl groups excluding tert-OH is 1. The molecule has 1 rings (SSSR count). The second kappa shape index (κ2) is 6.23. The SMILES string of the molecule is COc1ccc(CN(CC(C)O)C(C)C)s1. The summed E-state index contributed by atoms with van der Waals surface area (Å²) in [5.74, 6) is 0. The average molecular weight is 243 g/mol. The van der Waals surface area contributed by atoms with E-state index < -0.39 is 0 Å². The Morgan fingerprint density at radius 1 is 1.38 bits per heavy atom. The van der Waals surface area contributed by atoms with Crippen LogP contribution >= 0.6 is 11.3 Å². The maximum absolute atomic E-state index is 9.44. The first-order chi connectivity index (χ1) is 7.52. The molecule has 0 radical (unpaired) electrons. The predicted molar refractivity (Wildman–Crippen MR) is 68.1 cm³/mol. The van der Waals surface area contributed by atoms with Crippen molar-refractivity contribution in [2.75, 3.05) is 13.7 Å². The molecule has 3 nitrogen and oxygen atoms in total. The summed E-state index contributed by atoms with van der Waals surface area (Å²) in [6.07, 6.45) is -0.288. The lowest BCUT2D eigenvalue weighted by Gasteiger charge is -2.27. The Balaban J connectivity index is 2.60. The van der Waals surface area contributed by atoms with Crippen LogP contribution in [0.1, 0.15) is 25.6 Å². The third kappa shape index (κ3) is 4.12. The second-order valence-electron chi connectivity index (χ2n) is 4.30. The minimum absolute atomic E-state index is 0.288. The van der Waals surface area contributed by atoms with Crippen molar-refractivity contribution in [3.8, 4) is 5.06 Å². The first-order valence-electron chi connectivity index (χ1n) is 5.57. The molecular weight excluding hydrogens is 222 g/mol. The van der Waals surface area contributed by atoms with Crippen molar-refractivity contribution in [1.82, 2.24) is 4.90 Å². The fourth-order valence-corrected chi connectivity index (χ4v) is 2.39. The zero-order chi connectivity index (χ0) is 12.1. The van der Waals surface area contributed by atoms with Crippen LogP contribution in [-0.2, 0) is 6.54 Å². The topological polar surface area (TPSA) is 32.7 Å². The van der Waals surface area contributed by atoms with Gasteiger partial charge in [-0.05, 0) is 32.9 Å². The van der Waals surface area contributed by atoms with Crippen molar-refractivity contribution in [2.24, 2.45) is 0 Å². The van der Waals surface area contributed by atoms with Gasteiger partial charge in [-0.15, -0.1) is 11.3 Å². The first-order valence-corrected chi connectivity index (χ1v) is 6.39. The highest BCUT2D eigenvalue weighted by atomic mass is 32.1. The van der Waals surface area contributed by atoms with Crippen LogP contribution in [0.25, 0.3) is 0 Å². The minimum Gasteiger partial charge on any atom is -0.487 e. The van der Waals surface area contributed by atoms with Gasteiger partial charge in [0, 0.05) is 24.0 Å². The lowest BCUT2D eigenvalue weighted by molar-refractivity contribution is 0.103. The molecule has 0 aliphatic heterocycles. The molecule has 0 saturated heterocycles. The van der Waals surface area contributed by atoms with Crippen molar-refractivity contribution < 1.29 is 9.84 Å². The number of hydrogen-bond donors (Lipinski definition) is 1. The van der Waals surface area contributed by atoms with Gasteiger partial charge in [-0.3, -0.25) is 4.90 Å². The van der Waals surface area contributed by atoms with E-state index in [1.165, 1.54) is 4.88 Å². The third-order valence-electron chi connectivity index (χ3n) is 2.43.